The number of halogens is 1. The van der Waals surface area contributed by atoms with Crippen LogP contribution in [0, 0.1) is 6.07 Å². The summed E-state index contributed by atoms with van der Waals surface area (Å²) in [5.41, 5.74) is 1.44. The maximum Gasteiger partial charge on any atom is 2.00 e. The summed E-state index contributed by atoms with van der Waals surface area (Å²) in [6.45, 7) is 2.23. The zero-order valence-electron chi connectivity index (χ0n) is 8.22. The van der Waals surface area contributed by atoms with Crippen LogP contribution < -0.4 is 17.0 Å². The Morgan fingerprint density at radius 1 is 1.15 bits per heavy atom. The smallest absolute Gasteiger partial charge is 1.00 e. The molecule has 0 aliphatic carbocycles. The SMILES string of the molecule is CCCCCc1cc[c-]cc1.[Br-].[Mg+2]. The Morgan fingerprint density at radius 2 is 1.77 bits per heavy atom. The van der Waals surface area contributed by atoms with Crippen LogP contribution >= 0.6 is 0 Å². The Morgan fingerprint density at radius 3 is 2.31 bits per heavy atom. The third-order valence-corrected chi connectivity index (χ3v) is 1.86. The molecule has 0 amide bonds. The van der Waals surface area contributed by atoms with Gasteiger partial charge >= 0.3 is 23.1 Å². The summed E-state index contributed by atoms with van der Waals surface area (Å²) in [5, 5.41) is 0. The molecule has 1 aromatic carbocycles. The largest absolute Gasteiger partial charge is 2.00 e. The van der Waals surface area contributed by atoms with E-state index < -0.39 is 0 Å². The topological polar surface area (TPSA) is 0 Å². The molecule has 13 heavy (non-hydrogen) atoms. The van der Waals surface area contributed by atoms with Crippen molar-refractivity contribution < 1.29 is 17.0 Å². The summed E-state index contributed by atoms with van der Waals surface area (Å²) in [6.07, 6.45) is 5.20. The van der Waals surface area contributed by atoms with Crippen LogP contribution in [0.2, 0.25) is 0 Å². The Hall–Kier alpha value is 0.466. The van der Waals surface area contributed by atoms with Gasteiger partial charge in [-0.15, -0.1) is 0 Å². The van der Waals surface area contributed by atoms with Crippen LogP contribution in [0.3, 0.4) is 0 Å². The fourth-order valence-electron chi connectivity index (χ4n) is 1.17. The van der Waals surface area contributed by atoms with E-state index in [0.29, 0.717) is 0 Å². The number of unbranched alkanes of at least 4 members (excludes halogenated alkanes) is 2. The Bertz CT molecular complexity index is 187. The summed E-state index contributed by atoms with van der Waals surface area (Å²) in [7, 11) is 0. The first kappa shape index (κ1) is 15.9. The summed E-state index contributed by atoms with van der Waals surface area (Å²) < 4.78 is 0. The molecular formula is C11H15BrMg. The normalized spacial score (nSPS) is 8.38. The molecule has 1 rings (SSSR count). The predicted octanol–water partition coefficient (Wildman–Crippen LogP) is -0.157. The minimum absolute atomic E-state index is 0. The molecule has 1 aromatic rings. The number of aryl methyl sites for hydroxylation is 1. The number of rotatable bonds is 4. The van der Waals surface area contributed by atoms with Crippen molar-refractivity contribution in [3.05, 3.63) is 35.9 Å². The van der Waals surface area contributed by atoms with Gasteiger partial charge in [0.2, 0.25) is 0 Å². The second kappa shape index (κ2) is 10.5. The van der Waals surface area contributed by atoms with Crippen LogP contribution in [0.1, 0.15) is 31.7 Å². The van der Waals surface area contributed by atoms with Gasteiger partial charge in [-0.25, -0.2) is 0 Å². The molecule has 0 bridgehead atoms. The molecule has 0 aliphatic heterocycles. The molecule has 0 fully saturated rings. The van der Waals surface area contributed by atoms with Gasteiger partial charge in [0, 0.05) is 0 Å². The average molecular weight is 251 g/mol. The zero-order chi connectivity index (χ0) is 7.94. The third kappa shape index (κ3) is 7.53. The molecule has 0 radical (unpaired) electrons. The van der Waals surface area contributed by atoms with Crippen LogP contribution in [-0.2, 0) is 6.42 Å². The first-order valence-electron chi connectivity index (χ1n) is 4.38. The standard InChI is InChI=1S/C11H15.BrH.Mg/c1-2-3-5-8-11-9-6-4-7-10-11;;/h6-7,9-10H,2-3,5,8H2,1H3;1H;/q-1;;+2/p-1. The van der Waals surface area contributed by atoms with Crippen molar-refractivity contribution in [2.75, 3.05) is 0 Å². The molecule has 0 aromatic heterocycles. The van der Waals surface area contributed by atoms with E-state index in [4.69, 9.17) is 0 Å². The van der Waals surface area contributed by atoms with Crippen molar-refractivity contribution in [2.45, 2.75) is 32.6 Å². The Labute approximate surface area is 108 Å². The molecule has 0 aliphatic rings. The first-order valence-corrected chi connectivity index (χ1v) is 4.38. The molecule has 0 saturated heterocycles. The summed E-state index contributed by atoms with van der Waals surface area (Å²) in [6, 6.07) is 11.3. The van der Waals surface area contributed by atoms with E-state index in [9.17, 15) is 0 Å². The first-order chi connectivity index (χ1) is 5.43. The van der Waals surface area contributed by atoms with Gasteiger partial charge in [0.15, 0.2) is 0 Å². The van der Waals surface area contributed by atoms with Gasteiger partial charge in [-0.3, -0.25) is 0 Å². The molecule has 0 unspecified atom stereocenters. The molecule has 2 heteroatoms. The van der Waals surface area contributed by atoms with Gasteiger partial charge in [0.1, 0.15) is 0 Å². The fourth-order valence-corrected chi connectivity index (χ4v) is 1.17. The zero-order valence-corrected chi connectivity index (χ0v) is 11.2. The Kier molecular flexibility index (Phi) is 12.9. The molecule has 0 saturated carbocycles. The predicted molar refractivity (Wildman–Crippen MR) is 54.3 cm³/mol. The summed E-state index contributed by atoms with van der Waals surface area (Å²) >= 11 is 0. The monoisotopic (exact) mass is 250 g/mol. The maximum absolute atomic E-state index is 3.02. The van der Waals surface area contributed by atoms with Crippen LogP contribution in [0.15, 0.2) is 24.3 Å². The van der Waals surface area contributed by atoms with E-state index >= 15 is 0 Å². The third-order valence-electron chi connectivity index (χ3n) is 1.86. The molecule has 0 nitrogen and oxygen atoms in total. The van der Waals surface area contributed by atoms with Crippen LogP contribution in [-0.4, -0.2) is 23.1 Å². The minimum atomic E-state index is 0. The van der Waals surface area contributed by atoms with Crippen molar-refractivity contribution in [2.24, 2.45) is 0 Å². The molecular weight excluding hydrogens is 236 g/mol. The van der Waals surface area contributed by atoms with Gasteiger partial charge in [-0.1, -0.05) is 32.6 Å². The van der Waals surface area contributed by atoms with Crippen molar-refractivity contribution in [3.8, 4) is 0 Å². The van der Waals surface area contributed by atoms with Gasteiger partial charge in [-0.05, 0) is 0 Å². The molecule has 68 valence electrons. The van der Waals surface area contributed by atoms with Crippen LogP contribution in [0.4, 0.5) is 0 Å². The van der Waals surface area contributed by atoms with E-state index in [0.717, 1.165) is 0 Å². The van der Waals surface area contributed by atoms with E-state index in [1.165, 1.54) is 31.2 Å². The van der Waals surface area contributed by atoms with Gasteiger partial charge < -0.3 is 17.0 Å². The van der Waals surface area contributed by atoms with Crippen LogP contribution in [0.25, 0.3) is 0 Å². The average Bonchev–Trinajstić information content (AvgIpc) is 2.07. The number of benzene rings is 1. The molecule has 0 spiro atoms. The van der Waals surface area contributed by atoms with Gasteiger partial charge in [0.05, 0.1) is 0 Å². The van der Waals surface area contributed by atoms with Crippen molar-refractivity contribution >= 4 is 23.1 Å². The van der Waals surface area contributed by atoms with E-state index in [-0.39, 0.29) is 40.0 Å². The summed E-state index contributed by atoms with van der Waals surface area (Å²) in [5.74, 6) is 0. The molecule has 0 atom stereocenters. The quantitative estimate of drug-likeness (QED) is 0.396. The van der Waals surface area contributed by atoms with Crippen molar-refractivity contribution in [1.82, 2.24) is 0 Å². The van der Waals surface area contributed by atoms with E-state index in [1.807, 2.05) is 12.1 Å². The minimum Gasteiger partial charge on any atom is -1.00 e. The summed E-state index contributed by atoms with van der Waals surface area (Å²) in [4.78, 5) is 0. The van der Waals surface area contributed by atoms with Crippen molar-refractivity contribution in [1.29, 1.82) is 0 Å². The maximum atomic E-state index is 3.02. The Balaban J connectivity index is 0. The van der Waals surface area contributed by atoms with E-state index in [1.54, 1.807) is 0 Å². The molecule has 0 heterocycles. The fraction of sp³-hybridized carbons (Fsp3) is 0.455. The van der Waals surface area contributed by atoms with E-state index in [2.05, 4.69) is 25.1 Å². The van der Waals surface area contributed by atoms with Gasteiger partial charge in [0.25, 0.3) is 0 Å². The van der Waals surface area contributed by atoms with Crippen LogP contribution in [0.5, 0.6) is 0 Å². The number of hydrogen-bond donors (Lipinski definition) is 0. The number of hydrogen-bond acceptors (Lipinski definition) is 0. The molecule has 0 N–H and O–H groups in total. The second-order valence-corrected chi connectivity index (χ2v) is 2.87. The van der Waals surface area contributed by atoms with Crippen molar-refractivity contribution in [3.63, 3.8) is 0 Å². The van der Waals surface area contributed by atoms with Gasteiger partial charge in [-0.2, -0.15) is 35.9 Å². The second-order valence-electron chi connectivity index (χ2n) is 2.87.